The summed E-state index contributed by atoms with van der Waals surface area (Å²) >= 11 is 0. The molecule has 0 bridgehead atoms. The minimum Gasteiger partial charge on any atom is -0.291 e. The lowest BCUT2D eigenvalue weighted by Crippen LogP contribution is -2.12. The van der Waals surface area contributed by atoms with E-state index in [1.807, 2.05) is 5.48 Å². The Bertz CT molecular complexity index is 638. The summed E-state index contributed by atoms with van der Waals surface area (Å²) < 4.78 is 22.7. The number of hydrogen-bond acceptors (Lipinski definition) is 4. The van der Waals surface area contributed by atoms with E-state index in [1.165, 1.54) is 6.07 Å². The average molecular weight is 238 g/mol. The van der Waals surface area contributed by atoms with Gasteiger partial charge in [-0.2, -0.15) is 0 Å². The maximum Gasteiger partial charge on any atom is 0.238 e. The van der Waals surface area contributed by atoms with Crippen molar-refractivity contribution in [2.45, 2.75) is 4.90 Å². The van der Waals surface area contributed by atoms with Gasteiger partial charge in [0.1, 0.15) is 0 Å². The third kappa shape index (κ3) is 1.73. The normalized spacial score (nSPS) is 11.6. The molecule has 2 aromatic carbocycles. The maximum absolute atomic E-state index is 11.3. The standard InChI is InChI=1S/C10H10N2O3S/c11-16(14,15)10-6-2-3-7-8(10)4-1-5-9(7)12-13/h1-6,12-13H,(H2,11,14,15). The minimum absolute atomic E-state index is 0.0436. The Kier molecular flexibility index (Phi) is 2.55. The Morgan fingerprint density at radius 2 is 1.69 bits per heavy atom. The van der Waals surface area contributed by atoms with E-state index in [1.54, 1.807) is 30.3 Å². The van der Waals surface area contributed by atoms with Crippen molar-refractivity contribution < 1.29 is 13.6 Å². The molecule has 5 nitrogen and oxygen atoms in total. The fourth-order valence-electron chi connectivity index (χ4n) is 1.63. The van der Waals surface area contributed by atoms with E-state index < -0.39 is 10.0 Å². The Labute approximate surface area is 92.5 Å². The van der Waals surface area contributed by atoms with Gasteiger partial charge in [-0.15, -0.1) is 0 Å². The lowest BCUT2D eigenvalue weighted by atomic mass is 10.1. The van der Waals surface area contributed by atoms with Crippen LogP contribution in [0.25, 0.3) is 10.8 Å². The van der Waals surface area contributed by atoms with Crippen molar-refractivity contribution in [3.05, 3.63) is 36.4 Å². The van der Waals surface area contributed by atoms with Gasteiger partial charge in [0.15, 0.2) is 0 Å². The molecule has 2 rings (SSSR count). The molecule has 0 amide bonds. The zero-order valence-corrected chi connectivity index (χ0v) is 9.03. The SMILES string of the molecule is NS(=O)(=O)c1cccc2c(NO)cccc12. The second kappa shape index (κ2) is 3.75. The average Bonchev–Trinajstić information content (AvgIpc) is 2.26. The molecular formula is C10H10N2O3S. The number of nitrogens with one attached hydrogen (secondary N) is 1. The molecule has 0 saturated heterocycles. The summed E-state index contributed by atoms with van der Waals surface area (Å²) in [6.45, 7) is 0. The molecule has 0 aromatic heterocycles. The van der Waals surface area contributed by atoms with Crippen LogP contribution in [0.1, 0.15) is 0 Å². The van der Waals surface area contributed by atoms with Gasteiger partial charge >= 0.3 is 0 Å². The summed E-state index contributed by atoms with van der Waals surface area (Å²) in [5.41, 5.74) is 2.45. The number of benzene rings is 2. The van der Waals surface area contributed by atoms with Gasteiger partial charge in [-0.25, -0.2) is 13.6 Å². The van der Waals surface area contributed by atoms with Crippen LogP contribution in [-0.4, -0.2) is 13.6 Å². The van der Waals surface area contributed by atoms with Crippen LogP contribution in [0.3, 0.4) is 0 Å². The molecule has 0 aliphatic rings. The molecule has 0 aliphatic carbocycles. The van der Waals surface area contributed by atoms with E-state index >= 15 is 0 Å². The quantitative estimate of drug-likeness (QED) is 0.687. The fraction of sp³-hybridized carbons (Fsp3) is 0. The van der Waals surface area contributed by atoms with Crippen molar-refractivity contribution >= 4 is 26.5 Å². The number of fused-ring (bicyclic) bond motifs is 1. The highest BCUT2D eigenvalue weighted by Gasteiger charge is 2.12. The third-order valence-electron chi connectivity index (χ3n) is 2.31. The van der Waals surface area contributed by atoms with Crippen LogP contribution in [-0.2, 0) is 10.0 Å². The highest BCUT2D eigenvalue weighted by Crippen LogP contribution is 2.27. The molecule has 2 aromatic rings. The van der Waals surface area contributed by atoms with E-state index in [0.29, 0.717) is 16.5 Å². The predicted molar refractivity (Wildman–Crippen MR) is 60.7 cm³/mol. The van der Waals surface area contributed by atoms with Crippen LogP contribution >= 0.6 is 0 Å². The van der Waals surface area contributed by atoms with Gasteiger partial charge in [0.25, 0.3) is 0 Å². The summed E-state index contributed by atoms with van der Waals surface area (Å²) in [7, 11) is -3.76. The van der Waals surface area contributed by atoms with Crippen molar-refractivity contribution in [2.24, 2.45) is 5.14 Å². The van der Waals surface area contributed by atoms with E-state index in [-0.39, 0.29) is 4.90 Å². The Morgan fingerprint density at radius 3 is 2.31 bits per heavy atom. The number of anilines is 1. The lowest BCUT2D eigenvalue weighted by Gasteiger charge is -2.07. The van der Waals surface area contributed by atoms with Crippen molar-refractivity contribution in [1.82, 2.24) is 0 Å². The second-order valence-corrected chi connectivity index (χ2v) is 4.84. The first-order valence-corrected chi connectivity index (χ1v) is 6.03. The summed E-state index contributed by atoms with van der Waals surface area (Å²) in [6, 6.07) is 9.60. The molecule has 0 aliphatic heterocycles. The van der Waals surface area contributed by atoms with Crippen molar-refractivity contribution in [2.75, 3.05) is 5.48 Å². The van der Waals surface area contributed by atoms with E-state index in [2.05, 4.69) is 0 Å². The zero-order valence-electron chi connectivity index (χ0n) is 8.21. The fourth-order valence-corrected chi connectivity index (χ4v) is 2.38. The number of primary sulfonamides is 1. The maximum atomic E-state index is 11.3. The molecule has 0 unspecified atom stereocenters. The number of sulfonamides is 1. The molecular weight excluding hydrogens is 228 g/mol. The molecule has 16 heavy (non-hydrogen) atoms. The zero-order chi connectivity index (χ0) is 11.8. The molecule has 0 heterocycles. The first-order valence-electron chi connectivity index (χ1n) is 4.48. The molecule has 0 atom stereocenters. The van der Waals surface area contributed by atoms with E-state index in [9.17, 15) is 8.42 Å². The third-order valence-corrected chi connectivity index (χ3v) is 3.28. The summed E-state index contributed by atoms with van der Waals surface area (Å²) in [4.78, 5) is 0.0436. The smallest absolute Gasteiger partial charge is 0.238 e. The van der Waals surface area contributed by atoms with Gasteiger partial charge in [-0.1, -0.05) is 24.3 Å². The topological polar surface area (TPSA) is 92.4 Å². The lowest BCUT2D eigenvalue weighted by molar-refractivity contribution is 0.390. The minimum atomic E-state index is -3.76. The molecule has 0 spiro atoms. The highest BCUT2D eigenvalue weighted by atomic mass is 32.2. The Morgan fingerprint density at radius 1 is 1.06 bits per heavy atom. The molecule has 4 N–H and O–H groups in total. The van der Waals surface area contributed by atoms with Gasteiger partial charge < -0.3 is 0 Å². The molecule has 6 heteroatoms. The monoisotopic (exact) mass is 238 g/mol. The largest absolute Gasteiger partial charge is 0.291 e. The second-order valence-electron chi connectivity index (χ2n) is 3.31. The number of rotatable bonds is 2. The van der Waals surface area contributed by atoms with Crippen LogP contribution in [0.2, 0.25) is 0 Å². The highest BCUT2D eigenvalue weighted by molar-refractivity contribution is 7.89. The molecule has 0 saturated carbocycles. The van der Waals surface area contributed by atoms with Crippen LogP contribution in [0, 0.1) is 0 Å². The summed E-state index contributed by atoms with van der Waals surface area (Å²) in [5, 5.41) is 15.1. The van der Waals surface area contributed by atoms with Gasteiger partial charge in [0.2, 0.25) is 10.0 Å². The number of nitrogens with two attached hydrogens (primary N) is 1. The van der Waals surface area contributed by atoms with Crippen molar-refractivity contribution in [3.8, 4) is 0 Å². The summed E-state index contributed by atoms with van der Waals surface area (Å²) in [5.74, 6) is 0. The van der Waals surface area contributed by atoms with E-state index in [0.717, 1.165) is 0 Å². The van der Waals surface area contributed by atoms with Gasteiger partial charge in [0.05, 0.1) is 10.6 Å². The Balaban J connectivity index is 2.90. The first-order chi connectivity index (χ1) is 7.54. The first kappa shape index (κ1) is 10.9. The van der Waals surface area contributed by atoms with Crippen LogP contribution in [0.15, 0.2) is 41.3 Å². The van der Waals surface area contributed by atoms with Crippen molar-refractivity contribution in [3.63, 3.8) is 0 Å². The van der Waals surface area contributed by atoms with Gasteiger partial charge in [-0.3, -0.25) is 10.7 Å². The van der Waals surface area contributed by atoms with Crippen LogP contribution in [0.4, 0.5) is 5.69 Å². The molecule has 84 valence electrons. The van der Waals surface area contributed by atoms with Gasteiger partial charge in [0, 0.05) is 10.8 Å². The van der Waals surface area contributed by atoms with E-state index in [4.69, 9.17) is 10.3 Å². The Hall–Kier alpha value is -1.63. The number of hydrogen-bond donors (Lipinski definition) is 3. The van der Waals surface area contributed by atoms with Crippen molar-refractivity contribution in [1.29, 1.82) is 0 Å². The van der Waals surface area contributed by atoms with Gasteiger partial charge in [-0.05, 0) is 12.1 Å². The summed E-state index contributed by atoms with van der Waals surface area (Å²) in [6.07, 6.45) is 0. The van der Waals surface area contributed by atoms with Crippen LogP contribution in [0.5, 0.6) is 0 Å². The predicted octanol–water partition coefficient (Wildman–Crippen LogP) is 1.29. The molecule has 0 radical (unpaired) electrons. The molecule has 0 fully saturated rings. The van der Waals surface area contributed by atoms with Crippen LogP contribution < -0.4 is 10.6 Å².